The van der Waals surface area contributed by atoms with Gasteiger partial charge in [0.25, 0.3) is 0 Å². The van der Waals surface area contributed by atoms with E-state index in [2.05, 4.69) is 9.73 Å². The average Bonchev–Trinajstić information content (AvgIpc) is 1.99. The number of aliphatic imine (C=N–C) groups is 1. The molecule has 0 saturated carbocycles. The number of hydrogen-bond donors (Lipinski definition) is 1. The van der Waals surface area contributed by atoms with Crippen molar-refractivity contribution in [1.29, 1.82) is 5.41 Å². The second-order valence-electron chi connectivity index (χ2n) is 1.80. The van der Waals surface area contributed by atoms with Gasteiger partial charge in [-0.2, -0.15) is 0 Å². The normalized spacial score (nSPS) is 12.1. The quantitative estimate of drug-likeness (QED) is 0.436. The van der Waals surface area contributed by atoms with E-state index in [1.165, 1.54) is 7.11 Å². The third kappa shape index (κ3) is 3.83. The summed E-state index contributed by atoms with van der Waals surface area (Å²) in [5.74, 6) is 0. The molecular weight excluding hydrogens is 128 g/mol. The second kappa shape index (κ2) is 4.73. The lowest BCUT2D eigenvalue weighted by Crippen LogP contribution is -1.94. The molecule has 0 aliphatic heterocycles. The maximum atomic E-state index is 6.96. The van der Waals surface area contributed by atoms with E-state index in [4.69, 9.17) is 5.41 Å². The highest BCUT2D eigenvalue weighted by atomic mass is 16.5. The molecule has 0 fully saturated rings. The molecule has 0 aromatic rings. The lowest BCUT2D eigenvalue weighted by atomic mass is 10.3. The molecule has 1 N–H and O–H groups in total. The van der Waals surface area contributed by atoms with E-state index in [0.717, 1.165) is 5.57 Å². The van der Waals surface area contributed by atoms with Gasteiger partial charge < -0.3 is 4.74 Å². The van der Waals surface area contributed by atoms with E-state index >= 15 is 0 Å². The van der Waals surface area contributed by atoms with Crippen molar-refractivity contribution in [3.63, 3.8) is 0 Å². The van der Waals surface area contributed by atoms with Gasteiger partial charge in [0, 0.05) is 6.21 Å². The zero-order valence-corrected chi connectivity index (χ0v) is 6.51. The number of allylic oxidation sites excluding steroid dienone is 2. The van der Waals surface area contributed by atoms with Crippen LogP contribution >= 0.6 is 0 Å². The molecule has 0 amide bonds. The Morgan fingerprint density at radius 2 is 2.20 bits per heavy atom. The van der Waals surface area contributed by atoms with Gasteiger partial charge in [0.1, 0.15) is 0 Å². The van der Waals surface area contributed by atoms with Gasteiger partial charge in [-0.05, 0) is 19.4 Å². The highest BCUT2D eigenvalue weighted by molar-refractivity contribution is 5.88. The summed E-state index contributed by atoms with van der Waals surface area (Å²) in [7, 11) is 1.42. The van der Waals surface area contributed by atoms with Crippen LogP contribution in [0.25, 0.3) is 0 Å². The molecule has 0 saturated heterocycles. The summed E-state index contributed by atoms with van der Waals surface area (Å²) >= 11 is 0. The van der Waals surface area contributed by atoms with Gasteiger partial charge in [0.05, 0.1) is 7.11 Å². The number of amidine groups is 1. The standard InChI is InChI=1S/C7H12N2O/c1-4-6(2)5-9-7(8)10-3/h4-5,8H,1-3H3/b6-4-,8-7?,9-5?. The molecule has 0 radical (unpaired) electrons. The van der Waals surface area contributed by atoms with Crippen molar-refractivity contribution in [2.24, 2.45) is 4.99 Å². The molecule has 0 spiro atoms. The first kappa shape index (κ1) is 8.88. The van der Waals surface area contributed by atoms with Crippen LogP contribution in [0, 0.1) is 5.41 Å². The maximum Gasteiger partial charge on any atom is 0.308 e. The van der Waals surface area contributed by atoms with E-state index in [9.17, 15) is 0 Å². The van der Waals surface area contributed by atoms with Crippen LogP contribution < -0.4 is 0 Å². The summed E-state index contributed by atoms with van der Waals surface area (Å²) in [6, 6.07) is -0.0683. The van der Waals surface area contributed by atoms with Crippen molar-refractivity contribution in [1.82, 2.24) is 0 Å². The van der Waals surface area contributed by atoms with Crippen molar-refractivity contribution in [2.45, 2.75) is 13.8 Å². The molecule has 0 aromatic heterocycles. The highest BCUT2D eigenvalue weighted by Gasteiger charge is 1.84. The van der Waals surface area contributed by atoms with Gasteiger partial charge in [0.2, 0.25) is 0 Å². The minimum Gasteiger partial charge on any atom is -0.467 e. The number of nitrogens with one attached hydrogen (secondary N) is 1. The van der Waals surface area contributed by atoms with Crippen molar-refractivity contribution in [3.8, 4) is 0 Å². The van der Waals surface area contributed by atoms with Crippen LogP contribution in [-0.2, 0) is 4.74 Å². The molecule has 0 aromatic carbocycles. The fourth-order valence-electron chi connectivity index (χ4n) is 0.288. The SMILES string of the molecule is C/C=C(/C)C=NC(=N)OC. The van der Waals surface area contributed by atoms with Crippen LogP contribution in [0.3, 0.4) is 0 Å². The summed E-state index contributed by atoms with van der Waals surface area (Å²) in [6.07, 6.45) is 3.50. The first-order valence-corrected chi connectivity index (χ1v) is 3.00. The van der Waals surface area contributed by atoms with Crippen molar-refractivity contribution in [2.75, 3.05) is 7.11 Å². The van der Waals surface area contributed by atoms with Gasteiger partial charge in [-0.3, -0.25) is 0 Å². The maximum absolute atomic E-state index is 6.96. The zero-order valence-electron chi connectivity index (χ0n) is 6.51. The first-order chi connectivity index (χ1) is 4.70. The van der Waals surface area contributed by atoms with Crippen molar-refractivity contribution >= 4 is 12.2 Å². The number of methoxy groups -OCH3 is 1. The second-order valence-corrected chi connectivity index (χ2v) is 1.80. The largest absolute Gasteiger partial charge is 0.467 e. The lowest BCUT2D eigenvalue weighted by Gasteiger charge is -1.91. The monoisotopic (exact) mass is 140 g/mol. The van der Waals surface area contributed by atoms with Crippen molar-refractivity contribution < 1.29 is 4.74 Å². The molecule has 0 aliphatic carbocycles. The number of nitrogens with zero attached hydrogens (tertiary/aromatic N) is 1. The molecule has 56 valence electrons. The van der Waals surface area contributed by atoms with E-state index in [1.807, 2.05) is 19.9 Å². The topological polar surface area (TPSA) is 45.4 Å². The molecule has 0 bridgehead atoms. The van der Waals surface area contributed by atoms with Crippen LogP contribution in [0.4, 0.5) is 0 Å². The van der Waals surface area contributed by atoms with Crippen molar-refractivity contribution in [3.05, 3.63) is 11.6 Å². The third-order valence-electron chi connectivity index (χ3n) is 1.03. The predicted octanol–water partition coefficient (Wildman–Crippen LogP) is 1.60. The zero-order chi connectivity index (χ0) is 7.98. The molecule has 0 unspecified atom stereocenters. The Morgan fingerprint density at radius 3 is 2.60 bits per heavy atom. The Labute approximate surface area is 60.9 Å². The third-order valence-corrected chi connectivity index (χ3v) is 1.03. The van der Waals surface area contributed by atoms with Gasteiger partial charge in [-0.15, -0.1) is 0 Å². The van der Waals surface area contributed by atoms with Crippen LogP contribution in [0.5, 0.6) is 0 Å². The summed E-state index contributed by atoms with van der Waals surface area (Å²) in [5, 5.41) is 6.96. The summed E-state index contributed by atoms with van der Waals surface area (Å²) < 4.78 is 4.50. The number of ether oxygens (including phenoxy) is 1. The highest BCUT2D eigenvalue weighted by Crippen LogP contribution is 1.86. The number of hydrogen-bond acceptors (Lipinski definition) is 2. The molecular formula is C7H12N2O. The first-order valence-electron chi connectivity index (χ1n) is 3.00. The molecule has 0 heterocycles. The minimum absolute atomic E-state index is 0.0683. The summed E-state index contributed by atoms with van der Waals surface area (Å²) in [6.45, 7) is 3.82. The lowest BCUT2D eigenvalue weighted by molar-refractivity contribution is 0.393. The number of rotatable bonds is 1. The average molecular weight is 140 g/mol. The van der Waals surface area contributed by atoms with E-state index in [-0.39, 0.29) is 6.02 Å². The molecule has 0 rings (SSSR count). The minimum atomic E-state index is -0.0683. The predicted molar refractivity (Wildman–Crippen MR) is 42.7 cm³/mol. The van der Waals surface area contributed by atoms with Crippen LogP contribution in [0.1, 0.15) is 13.8 Å². The Hall–Kier alpha value is -1.12. The van der Waals surface area contributed by atoms with Crippen LogP contribution in [-0.4, -0.2) is 19.3 Å². The van der Waals surface area contributed by atoms with Gasteiger partial charge in [-0.25, -0.2) is 10.4 Å². The smallest absolute Gasteiger partial charge is 0.308 e. The summed E-state index contributed by atoms with van der Waals surface area (Å²) in [5.41, 5.74) is 1.02. The van der Waals surface area contributed by atoms with Gasteiger partial charge in [0.15, 0.2) is 0 Å². The van der Waals surface area contributed by atoms with Gasteiger partial charge >= 0.3 is 6.02 Å². The van der Waals surface area contributed by atoms with Crippen LogP contribution in [0.2, 0.25) is 0 Å². The Kier molecular flexibility index (Phi) is 4.20. The molecule has 10 heavy (non-hydrogen) atoms. The fourth-order valence-corrected chi connectivity index (χ4v) is 0.288. The van der Waals surface area contributed by atoms with E-state index in [0.29, 0.717) is 0 Å². The molecule has 3 heteroatoms. The van der Waals surface area contributed by atoms with Gasteiger partial charge in [-0.1, -0.05) is 6.08 Å². The fraction of sp³-hybridized carbons (Fsp3) is 0.429. The van der Waals surface area contributed by atoms with E-state index < -0.39 is 0 Å². The molecule has 0 atom stereocenters. The molecule has 0 aliphatic rings. The Morgan fingerprint density at radius 1 is 1.60 bits per heavy atom. The van der Waals surface area contributed by atoms with E-state index in [1.54, 1.807) is 6.21 Å². The van der Waals surface area contributed by atoms with Crippen LogP contribution in [0.15, 0.2) is 16.6 Å². The summed E-state index contributed by atoms with van der Waals surface area (Å²) in [4.78, 5) is 3.68. The Balaban J connectivity index is 3.88. The Bertz CT molecular complexity index is 170. The molecule has 3 nitrogen and oxygen atoms in total.